The van der Waals surface area contributed by atoms with Gasteiger partial charge in [0.2, 0.25) is 0 Å². The zero-order valence-electron chi connectivity index (χ0n) is 9.90. The molecule has 88 valence electrons. The van der Waals surface area contributed by atoms with E-state index >= 15 is 0 Å². The maximum Gasteiger partial charge on any atom is 0.0458 e. The lowest BCUT2D eigenvalue weighted by Crippen LogP contribution is -2.26. The molecule has 3 heteroatoms. The average Bonchev–Trinajstić information content (AvgIpc) is 2.71. The number of nitrogens with one attached hydrogen (secondary N) is 2. The summed E-state index contributed by atoms with van der Waals surface area (Å²) in [6.07, 6.45) is 7.52. The highest BCUT2D eigenvalue weighted by Crippen LogP contribution is 2.32. The Kier molecular flexibility index (Phi) is 2.32. The van der Waals surface area contributed by atoms with E-state index < -0.39 is 0 Å². The maximum atomic E-state index is 5.86. The first kappa shape index (κ1) is 10.3. The lowest BCUT2D eigenvalue weighted by molar-refractivity contribution is 0.530. The van der Waals surface area contributed by atoms with E-state index in [1.54, 1.807) is 0 Å². The summed E-state index contributed by atoms with van der Waals surface area (Å²) >= 11 is 0. The average molecular weight is 227 g/mol. The normalized spacial score (nSPS) is 23.8. The number of fused-ring (bicyclic) bond motifs is 1. The Balaban J connectivity index is 2.08. The van der Waals surface area contributed by atoms with Crippen LogP contribution in [0.3, 0.4) is 0 Å². The van der Waals surface area contributed by atoms with Gasteiger partial charge in [0.15, 0.2) is 0 Å². The third-order valence-corrected chi connectivity index (χ3v) is 3.45. The molecule has 1 aromatic carbocycles. The standard InChI is InChI=1S/C14H17N3/c1-9-6-10(4-5-16-9)13-8-17-14-3-2-11(15)7-12(13)14/h2-5,7-10,16-17H,6,15H2,1H3. The van der Waals surface area contributed by atoms with Gasteiger partial charge < -0.3 is 16.0 Å². The van der Waals surface area contributed by atoms with Crippen molar-refractivity contribution in [1.82, 2.24) is 10.3 Å². The molecular weight excluding hydrogens is 210 g/mol. The van der Waals surface area contributed by atoms with E-state index in [2.05, 4.69) is 41.8 Å². The van der Waals surface area contributed by atoms with Gasteiger partial charge in [-0.25, -0.2) is 0 Å². The number of anilines is 1. The number of aromatic nitrogens is 1. The van der Waals surface area contributed by atoms with Crippen molar-refractivity contribution in [2.45, 2.75) is 25.3 Å². The van der Waals surface area contributed by atoms with Crippen molar-refractivity contribution in [2.75, 3.05) is 5.73 Å². The Morgan fingerprint density at radius 3 is 3.06 bits per heavy atom. The highest BCUT2D eigenvalue weighted by atomic mass is 14.9. The van der Waals surface area contributed by atoms with Crippen LogP contribution in [-0.4, -0.2) is 11.0 Å². The summed E-state index contributed by atoms with van der Waals surface area (Å²) in [5.74, 6) is 0.474. The highest BCUT2D eigenvalue weighted by Gasteiger charge is 2.18. The second-order valence-corrected chi connectivity index (χ2v) is 4.82. The maximum absolute atomic E-state index is 5.86. The molecule has 4 N–H and O–H groups in total. The molecule has 0 saturated heterocycles. The molecule has 2 unspecified atom stereocenters. The third kappa shape index (κ3) is 1.78. The van der Waals surface area contributed by atoms with Crippen molar-refractivity contribution in [3.05, 3.63) is 42.2 Å². The van der Waals surface area contributed by atoms with Crippen LogP contribution in [0.2, 0.25) is 0 Å². The summed E-state index contributed by atoms with van der Waals surface area (Å²) < 4.78 is 0. The quantitative estimate of drug-likeness (QED) is 0.656. The first-order valence-electron chi connectivity index (χ1n) is 6.03. The van der Waals surface area contributed by atoms with Gasteiger partial charge >= 0.3 is 0 Å². The van der Waals surface area contributed by atoms with E-state index in [9.17, 15) is 0 Å². The molecule has 0 radical (unpaired) electrons. The zero-order chi connectivity index (χ0) is 11.8. The molecule has 2 atom stereocenters. The SMILES string of the molecule is CC1CC(c2c[nH]c3ccc(N)cc23)C=CN1. The lowest BCUT2D eigenvalue weighted by atomic mass is 9.90. The first-order valence-corrected chi connectivity index (χ1v) is 6.03. The summed E-state index contributed by atoms with van der Waals surface area (Å²) in [4.78, 5) is 3.32. The van der Waals surface area contributed by atoms with E-state index in [1.165, 1.54) is 10.9 Å². The predicted molar refractivity (Wildman–Crippen MR) is 71.8 cm³/mol. The minimum Gasteiger partial charge on any atom is -0.399 e. The molecule has 1 aliphatic rings. The van der Waals surface area contributed by atoms with Crippen molar-refractivity contribution in [1.29, 1.82) is 0 Å². The number of nitrogen functional groups attached to an aromatic ring is 1. The van der Waals surface area contributed by atoms with Gasteiger partial charge in [-0.2, -0.15) is 0 Å². The fraction of sp³-hybridized carbons (Fsp3) is 0.286. The molecule has 0 fully saturated rings. The minimum absolute atomic E-state index is 0.474. The van der Waals surface area contributed by atoms with Gasteiger partial charge in [0, 0.05) is 34.7 Å². The van der Waals surface area contributed by atoms with Crippen molar-refractivity contribution in [3.8, 4) is 0 Å². The number of rotatable bonds is 1. The van der Waals surface area contributed by atoms with E-state index in [0.717, 1.165) is 17.6 Å². The molecule has 1 aliphatic heterocycles. The van der Waals surface area contributed by atoms with Crippen LogP contribution >= 0.6 is 0 Å². The Morgan fingerprint density at radius 1 is 1.35 bits per heavy atom. The van der Waals surface area contributed by atoms with Gasteiger partial charge in [-0.3, -0.25) is 0 Å². The summed E-state index contributed by atoms with van der Waals surface area (Å²) in [5, 5.41) is 4.56. The second kappa shape index (κ2) is 3.84. The number of H-pyrrole nitrogens is 1. The van der Waals surface area contributed by atoms with Crippen LogP contribution in [0.25, 0.3) is 10.9 Å². The van der Waals surface area contributed by atoms with E-state index in [-0.39, 0.29) is 0 Å². The van der Waals surface area contributed by atoms with Crippen molar-refractivity contribution in [2.24, 2.45) is 0 Å². The van der Waals surface area contributed by atoms with Gasteiger partial charge in [-0.1, -0.05) is 6.08 Å². The zero-order valence-corrected chi connectivity index (χ0v) is 9.90. The molecule has 0 aliphatic carbocycles. The Labute approximate surface area is 101 Å². The van der Waals surface area contributed by atoms with Crippen LogP contribution in [0.5, 0.6) is 0 Å². The molecule has 2 aromatic rings. The largest absolute Gasteiger partial charge is 0.399 e. The fourth-order valence-corrected chi connectivity index (χ4v) is 2.56. The van der Waals surface area contributed by atoms with Crippen LogP contribution < -0.4 is 11.1 Å². The topological polar surface area (TPSA) is 53.8 Å². The van der Waals surface area contributed by atoms with E-state index in [0.29, 0.717) is 12.0 Å². The monoisotopic (exact) mass is 227 g/mol. The number of nitrogens with two attached hydrogens (primary N) is 1. The summed E-state index contributed by atoms with van der Waals surface area (Å²) in [5.41, 5.74) is 9.19. The van der Waals surface area contributed by atoms with Crippen LogP contribution in [0.4, 0.5) is 5.69 Å². The van der Waals surface area contributed by atoms with Gasteiger partial charge in [-0.05, 0) is 43.3 Å². The molecule has 3 nitrogen and oxygen atoms in total. The molecule has 0 bridgehead atoms. The lowest BCUT2D eigenvalue weighted by Gasteiger charge is -2.23. The van der Waals surface area contributed by atoms with Crippen LogP contribution in [0.1, 0.15) is 24.8 Å². The molecule has 1 aromatic heterocycles. The van der Waals surface area contributed by atoms with Crippen LogP contribution in [-0.2, 0) is 0 Å². The number of hydrogen-bond acceptors (Lipinski definition) is 2. The molecule has 0 spiro atoms. The highest BCUT2D eigenvalue weighted by molar-refractivity contribution is 5.86. The third-order valence-electron chi connectivity index (χ3n) is 3.45. The van der Waals surface area contributed by atoms with Crippen molar-refractivity contribution in [3.63, 3.8) is 0 Å². The minimum atomic E-state index is 0.474. The van der Waals surface area contributed by atoms with E-state index in [4.69, 9.17) is 5.73 Å². The summed E-state index contributed by atoms with van der Waals surface area (Å²) in [6.45, 7) is 2.21. The molecule has 0 amide bonds. The smallest absolute Gasteiger partial charge is 0.0458 e. The number of aromatic amines is 1. The molecule has 2 heterocycles. The van der Waals surface area contributed by atoms with Crippen molar-refractivity contribution < 1.29 is 0 Å². The Bertz CT molecular complexity index is 568. The Morgan fingerprint density at radius 2 is 2.24 bits per heavy atom. The van der Waals surface area contributed by atoms with Gasteiger partial charge in [-0.15, -0.1) is 0 Å². The molecule has 17 heavy (non-hydrogen) atoms. The number of allylic oxidation sites excluding steroid dienone is 1. The molecule has 0 saturated carbocycles. The summed E-state index contributed by atoms with van der Waals surface area (Å²) in [6, 6.07) is 6.56. The fourth-order valence-electron chi connectivity index (χ4n) is 2.56. The number of benzene rings is 1. The van der Waals surface area contributed by atoms with E-state index in [1.807, 2.05) is 12.1 Å². The first-order chi connectivity index (χ1) is 8.24. The predicted octanol–water partition coefficient (Wildman–Crippen LogP) is 2.73. The van der Waals surface area contributed by atoms with Crippen LogP contribution in [0.15, 0.2) is 36.7 Å². The summed E-state index contributed by atoms with van der Waals surface area (Å²) in [7, 11) is 0. The van der Waals surface area contributed by atoms with Crippen molar-refractivity contribution >= 4 is 16.6 Å². The van der Waals surface area contributed by atoms with Gasteiger partial charge in [0.25, 0.3) is 0 Å². The molecule has 3 rings (SSSR count). The second-order valence-electron chi connectivity index (χ2n) is 4.82. The van der Waals surface area contributed by atoms with Gasteiger partial charge in [0.1, 0.15) is 0 Å². The van der Waals surface area contributed by atoms with Gasteiger partial charge in [0.05, 0.1) is 0 Å². The number of hydrogen-bond donors (Lipinski definition) is 3. The molecular formula is C14H17N3. The Hall–Kier alpha value is -1.90. The van der Waals surface area contributed by atoms with Crippen LogP contribution in [0, 0.1) is 0 Å².